The van der Waals surface area contributed by atoms with E-state index in [0.29, 0.717) is 12.0 Å². The Labute approximate surface area is 137 Å². The second-order valence-electron chi connectivity index (χ2n) is 4.88. The number of hydrogen-bond acceptors (Lipinski definition) is 3. The molecule has 0 aliphatic heterocycles. The fourth-order valence-corrected chi connectivity index (χ4v) is 3.43. The Hall–Kier alpha value is -0.880. The molecule has 0 bridgehead atoms. The molecule has 0 saturated carbocycles. The average Bonchev–Trinajstić information content (AvgIpc) is 2.47. The summed E-state index contributed by atoms with van der Waals surface area (Å²) in [6.45, 7) is 2.08. The van der Waals surface area contributed by atoms with Crippen LogP contribution in [-0.2, 0) is 6.42 Å². The van der Waals surface area contributed by atoms with E-state index in [2.05, 4.69) is 40.4 Å². The lowest BCUT2D eigenvalue weighted by atomic mass is 10.1. The number of halogens is 2. The quantitative estimate of drug-likeness (QED) is 0.458. The van der Waals surface area contributed by atoms with Gasteiger partial charge in [0.25, 0.3) is 0 Å². The Morgan fingerprint density at radius 1 is 1.29 bits per heavy atom. The molecule has 2 aromatic carbocycles. The van der Waals surface area contributed by atoms with E-state index in [1.165, 1.54) is 16.5 Å². The first-order valence-electron chi connectivity index (χ1n) is 6.68. The summed E-state index contributed by atoms with van der Waals surface area (Å²) in [7, 11) is 0. The standard InChI is InChI=1S/C16H18BrFN2S/c1-11-4-2-3-5-16(11)21-10-14(20-19)8-12-6-7-13(17)9-15(12)18/h2-7,9,14,20H,8,10,19H2,1H3. The molecule has 0 saturated heterocycles. The van der Waals surface area contributed by atoms with E-state index in [9.17, 15) is 4.39 Å². The Bertz CT molecular complexity index is 607. The van der Waals surface area contributed by atoms with Gasteiger partial charge in [0.2, 0.25) is 0 Å². The maximum Gasteiger partial charge on any atom is 0.127 e. The van der Waals surface area contributed by atoms with Crippen molar-refractivity contribution in [3.05, 3.63) is 63.9 Å². The first-order chi connectivity index (χ1) is 10.1. The smallest absolute Gasteiger partial charge is 0.127 e. The number of thioether (sulfide) groups is 1. The minimum absolute atomic E-state index is 0.0188. The zero-order valence-electron chi connectivity index (χ0n) is 11.8. The van der Waals surface area contributed by atoms with E-state index in [0.717, 1.165) is 10.2 Å². The van der Waals surface area contributed by atoms with E-state index in [1.54, 1.807) is 17.8 Å². The van der Waals surface area contributed by atoms with Gasteiger partial charge in [-0.05, 0) is 42.7 Å². The van der Waals surface area contributed by atoms with Crippen LogP contribution in [0.5, 0.6) is 0 Å². The van der Waals surface area contributed by atoms with Gasteiger partial charge in [-0.3, -0.25) is 11.3 Å². The van der Waals surface area contributed by atoms with E-state index in [4.69, 9.17) is 5.84 Å². The molecule has 0 aliphatic carbocycles. The molecule has 112 valence electrons. The van der Waals surface area contributed by atoms with Crippen LogP contribution in [0.2, 0.25) is 0 Å². The summed E-state index contributed by atoms with van der Waals surface area (Å²) in [5, 5.41) is 0. The van der Waals surface area contributed by atoms with Crippen molar-refractivity contribution < 1.29 is 4.39 Å². The summed E-state index contributed by atoms with van der Waals surface area (Å²) in [6.07, 6.45) is 0.564. The average molecular weight is 369 g/mol. The molecular formula is C16H18BrFN2S. The monoisotopic (exact) mass is 368 g/mol. The van der Waals surface area contributed by atoms with Crippen molar-refractivity contribution >= 4 is 27.7 Å². The molecule has 0 heterocycles. The summed E-state index contributed by atoms with van der Waals surface area (Å²) in [4.78, 5) is 1.23. The normalized spacial score (nSPS) is 12.4. The van der Waals surface area contributed by atoms with Gasteiger partial charge in [-0.1, -0.05) is 40.2 Å². The number of hydrazine groups is 1. The van der Waals surface area contributed by atoms with Gasteiger partial charge in [-0.15, -0.1) is 11.8 Å². The molecule has 0 amide bonds. The van der Waals surface area contributed by atoms with Crippen molar-refractivity contribution in [1.29, 1.82) is 0 Å². The van der Waals surface area contributed by atoms with Crippen LogP contribution in [0, 0.1) is 12.7 Å². The molecule has 0 radical (unpaired) electrons. The predicted octanol–water partition coefficient (Wildman–Crippen LogP) is 4.06. The van der Waals surface area contributed by atoms with Crippen LogP contribution < -0.4 is 11.3 Å². The molecule has 2 rings (SSSR count). The molecule has 2 nitrogen and oxygen atoms in total. The highest BCUT2D eigenvalue weighted by atomic mass is 79.9. The van der Waals surface area contributed by atoms with Gasteiger partial charge in [-0.2, -0.15) is 0 Å². The van der Waals surface area contributed by atoms with Crippen molar-refractivity contribution in [3.8, 4) is 0 Å². The minimum atomic E-state index is -0.203. The van der Waals surface area contributed by atoms with Crippen LogP contribution in [0.4, 0.5) is 4.39 Å². The van der Waals surface area contributed by atoms with E-state index < -0.39 is 0 Å². The van der Waals surface area contributed by atoms with Gasteiger partial charge in [0.1, 0.15) is 5.82 Å². The Morgan fingerprint density at radius 3 is 2.71 bits per heavy atom. The van der Waals surface area contributed by atoms with Crippen LogP contribution >= 0.6 is 27.7 Å². The van der Waals surface area contributed by atoms with Crippen LogP contribution in [0.3, 0.4) is 0 Å². The molecule has 0 spiro atoms. The first-order valence-corrected chi connectivity index (χ1v) is 8.46. The number of benzene rings is 2. The Balaban J connectivity index is 1.99. The summed E-state index contributed by atoms with van der Waals surface area (Å²) in [5.41, 5.74) is 4.70. The lowest BCUT2D eigenvalue weighted by Crippen LogP contribution is -2.38. The first kappa shape index (κ1) is 16.5. The van der Waals surface area contributed by atoms with Crippen LogP contribution in [0.15, 0.2) is 51.8 Å². The molecule has 1 atom stereocenters. The molecule has 2 aromatic rings. The molecule has 5 heteroatoms. The third kappa shape index (κ3) is 4.81. The fourth-order valence-electron chi connectivity index (χ4n) is 2.03. The molecular weight excluding hydrogens is 351 g/mol. The minimum Gasteiger partial charge on any atom is -0.271 e. The largest absolute Gasteiger partial charge is 0.271 e. The highest BCUT2D eigenvalue weighted by Crippen LogP contribution is 2.24. The lowest BCUT2D eigenvalue weighted by molar-refractivity contribution is 0.546. The zero-order chi connectivity index (χ0) is 15.2. The number of nitrogens with one attached hydrogen (secondary N) is 1. The predicted molar refractivity (Wildman–Crippen MR) is 90.8 cm³/mol. The summed E-state index contributed by atoms with van der Waals surface area (Å²) in [6, 6.07) is 13.4. The molecule has 1 unspecified atom stereocenters. The van der Waals surface area contributed by atoms with Crippen molar-refractivity contribution in [2.24, 2.45) is 5.84 Å². The van der Waals surface area contributed by atoms with E-state index in [-0.39, 0.29) is 11.9 Å². The highest BCUT2D eigenvalue weighted by Gasteiger charge is 2.12. The van der Waals surface area contributed by atoms with Crippen molar-refractivity contribution in [2.45, 2.75) is 24.3 Å². The highest BCUT2D eigenvalue weighted by molar-refractivity contribution is 9.10. The van der Waals surface area contributed by atoms with Gasteiger partial charge >= 0.3 is 0 Å². The van der Waals surface area contributed by atoms with Crippen molar-refractivity contribution in [2.75, 3.05) is 5.75 Å². The van der Waals surface area contributed by atoms with Gasteiger partial charge < -0.3 is 0 Å². The van der Waals surface area contributed by atoms with Gasteiger partial charge in [0, 0.05) is 21.2 Å². The third-order valence-corrected chi connectivity index (χ3v) is 5.08. The van der Waals surface area contributed by atoms with E-state index in [1.807, 2.05) is 18.2 Å². The zero-order valence-corrected chi connectivity index (χ0v) is 14.2. The second kappa shape index (κ2) is 7.94. The fraction of sp³-hybridized carbons (Fsp3) is 0.250. The van der Waals surface area contributed by atoms with Crippen molar-refractivity contribution in [3.63, 3.8) is 0 Å². The Morgan fingerprint density at radius 2 is 2.05 bits per heavy atom. The van der Waals surface area contributed by atoms with Gasteiger partial charge in [0.05, 0.1) is 0 Å². The lowest BCUT2D eigenvalue weighted by Gasteiger charge is -2.16. The van der Waals surface area contributed by atoms with Crippen LogP contribution in [0.1, 0.15) is 11.1 Å². The summed E-state index contributed by atoms with van der Waals surface area (Å²) < 4.78 is 14.6. The third-order valence-electron chi connectivity index (χ3n) is 3.25. The number of rotatable bonds is 6. The number of aryl methyl sites for hydroxylation is 1. The molecule has 0 aromatic heterocycles. The summed E-state index contributed by atoms with van der Waals surface area (Å²) in [5.74, 6) is 6.19. The number of hydrogen-bond donors (Lipinski definition) is 2. The van der Waals surface area contributed by atoms with Crippen LogP contribution in [0.25, 0.3) is 0 Å². The van der Waals surface area contributed by atoms with Crippen LogP contribution in [-0.4, -0.2) is 11.8 Å². The van der Waals surface area contributed by atoms with Crippen molar-refractivity contribution in [1.82, 2.24) is 5.43 Å². The van der Waals surface area contributed by atoms with Gasteiger partial charge in [0.15, 0.2) is 0 Å². The maximum absolute atomic E-state index is 13.9. The Kier molecular flexibility index (Phi) is 6.23. The molecule has 21 heavy (non-hydrogen) atoms. The SMILES string of the molecule is Cc1ccccc1SCC(Cc1ccc(Br)cc1F)NN. The van der Waals surface area contributed by atoms with E-state index >= 15 is 0 Å². The second-order valence-corrected chi connectivity index (χ2v) is 6.86. The maximum atomic E-state index is 13.9. The molecule has 0 aliphatic rings. The topological polar surface area (TPSA) is 38.0 Å². The number of nitrogens with two attached hydrogens (primary N) is 1. The summed E-state index contributed by atoms with van der Waals surface area (Å²) >= 11 is 5.00. The molecule has 0 fully saturated rings. The molecule has 3 N–H and O–H groups in total. The van der Waals surface area contributed by atoms with Gasteiger partial charge in [-0.25, -0.2) is 4.39 Å².